The number of carbonyl (C=O) groups excluding carboxylic acids is 2. The van der Waals surface area contributed by atoms with Crippen LogP contribution in [0, 0.1) is 5.82 Å². The molecular weight excluding hydrogens is 403 g/mol. The molecule has 0 spiro atoms. The zero-order valence-electron chi connectivity index (χ0n) is 17.9. The van der Waals surface area contributed by atoms with Crippen LogP contribution in [0.25, 0.3) is 5.76 Å². The van der Waals surface area contributed by atoms with E-state index in [0.29, 0.717) is 17.9 Å². The van der Waals surface area contributed by atoms with Gasteiger partial charge in [0.15, 0.2) is 11.6 Å². The third-order valence-electron chi connectivity index (χ3n) is 5.16. The van der Waals surface area contributed by atoms with Crippen molar-refractivity contribution < 1.29 is 28.6 Å². The highest BCUT2D eigenvalue weighted by Crippen LogP contribution is 2.40. The number of nitrogens with zero attached hydrogens (tertiary/aromatic N) is 2. The van der Waals surface area contributed by atoms with E-state index in [2.05, 4.69) is 0 Å². The number of aliphatic hydroxyl groups is 1. The molecular formula is C23H25FN2O5. The fraction of sp³-hybridized carbons (Fsp3) is 0.304. The number of hydrogen-bond acceptors (Lipinski definition) is 6. The van der Waals surface area contributed by atoms with E-state index in [9.17, 15) is 19.1 Å². The van der Waals surface area contributed by atoms with Gasteiger partial charge in [-0.1, -0.05) is 12.1 Å². The SMILES string of the molecule is COc1cccc([C@H]2/C(=C(\O)c3ccc(OC)c(F)c3)C(=O)C(=O)N2CCN(C)C)c1. The topological polar surface area (TPSA) is 79.3 Å². The molecule has 0 aliphatic carbocycles. The molecule has 1 atom stereocenters. The molecule has 8 heteroatoms. The van der Waals surface area contributed by atoms with Gasteiger partial charge < -0.3 is 24.4 Å². The summed E-state index contributed by atoms with van der Waals surface area (Å²) in [5.41, 5.74) is 0.589. The molecule has 0 aromatic heterocycles. The van der Waals surface area contributed by atoms with Crippen molar-refractivity contribution in [2.45, 2.75) is 6.04 Å². The monoisotopic (exact) mass is 428 g/mol. The Hall–Kier alpha value is -3.39. The first-order valence-corrected chi connectivity index (χ1v) is 9.69. The van der Waals surface area contributed by atoms with Gasteiger partial charge in [0.25, 0.3) is 11.7 Å². The number of methoxy groups -OCH3 is 2. The molecule has 1 aliphatic rings. The molecule has 0 radical (unpaired) electrons. The van der Waals surface area contributed by atoms with Gasteiger partial charge in [-0.05, 0) is 50.0 Å². The number of ketones is 1. The largest absolute Gasteiger partial charge is 0.507 e. The van der Waals surface area contributed by atoms with Crippen LogP contribution in [0.5, 0.6) is 11.5 Å². The summed E-state index contributed by atoms with van der Waals surface area (Å²) < 4.78 is 24.4. The number of hydrogen-bond donors (Lipinski definition) is 1. The second-order valence-electron chi connectivity index (χ2n) is 7.42. The fourth-order valence-corrected chi connectivity index (χ4v) is 3.55. The molecule has 2 aromatic rings. The normalized spacial score (nSPS) is 18.0. The van der Waals surface area contributed by atoms with Gasteiger partial charge in [-0.2, -0.15) is 0 Å². The minimum absolute atomic E-state index is 0.00679. The quantitative estimate of drug-likeness (QED) is 0.415. The molecule has 164 valence electrons. The second kappa shape index (κ2) is 9.18. The first-order valence-electron chi connectivity index (χ1n) is 9.69. The summed E-state index contributed by atoms with van der Waals surface area (Å²) in [4.78, 5) is 29.1. The Morgan fingerprint density at radius 3 is 2.48 bits per heavy atom. The van der Waals surface area contributed by atoms with Crippen LogP contribution in [-0.4, -0.2) is 68.0 Å². The van der Waals surface area contributed by atoms with Crippen LogP contribution >= 0.6 is 0 Å². The Kier molecular flexibility index (Phi) is 6.60. The predicted molar refractivity (Wildman–Crippen MR) is 114 cm³/mol. The Bertz CT molecular complexity index is 1030. The zero-order chi connectivity index (χ0) is 22.7. The third-order valence-corrected chi connectivity index (χ3v) is 5.16. The number of ether oxygens (including phenoxy) is 2. The lowest BCUT2D eigenvalue weighted by Crippen LogP contribution is -2.35. The molecule has 31 heavy (non-hydrogen) atoms. The summed E-state index contributed by atoms with van der Waals surface area (Å²) in [6.45, 7) is 0.790. The summed E-state index contributed by atoms with van der Waals surface area (Å²) in [5, 5.41) is 11.0. The van der Waals surface area contributed by atoms with Gasteiger partial charge >= 0.3 is 0 Å². The summed E-state index contributed by atoms with van der Waals surface area (Å²) in [5.74, 6) is -2.12. The van der Waals surface area contributed by atoms with Crippen molar-refractivity contribution in [3.8, 4) is 11.5 Å². The molecule has 0 unspecified atom stereocenters. The molecule has 3 rings (SSSR count). The zero-order valence-corrected chi connectivity index (χ0v) is 17.9. The van der Waals surface area contributed by atoms with Gasteiger partial charge in [0, 0.05) is 18.7 Å². The molecule has 0 saturated carbocycles. The minimum Gasteiger partial charge on any atom is -0.507 e. The molecule has 1 N–H and O–H groups in total. The molecule has 1 aliphatic heterocycles. The van der Waals surface area contributed by atoms with Crippen molar-refractivity contribution in [1.82, 2.24) is 9.80 Å². The molecule has 0 bridgehead atoms. The summed E-state index contributed by atoms with van der Waals surface area (Å²) in [6, 6.07) is 9.98. The smallest absolute Gasteiger partial charge is 0.295 e. The van der Waals surface area contributed by atoms with Gasteiger partial charge in [-0.15, -0.1) is 0 Å². The van der Waals surface area contributed by atoms with Crippen LogP contribution in [0.15, 0.2) is 48.0 Å². The van der Waals surface area contributed by atoms with E-state index in [1.807, 2.05) is 19.0 Å². The first kappa shape index (κ1) is 22.3. The van der Waals surface area contributed by atoms with Gasteiger partial charge in [0.05, 0.1) is 25.8 Å². The van der Waals surface area contributed by atoms with E-state index in [-0.39, 0.29) is 23.4 Å². The predicted octanol–water partition coefficient (Wildman–Crippen LogP) is 2.83. The maximum absolute atomic E-state index is 14.2. The van der Waals surface area contributed by atoms with Gasteiger partial charge in [-0.25, -0.2) is 4.39 Å². The van der Waals surface area contributed by atoms with Gasteiger partial charge in [0.1, 0.15) is 11.5 Å². The van der Waals surface area contributed by atoms with E-state index < -0.39 is 29.3 Å². The van der Waals surface area contributed by atoms with Crippen molar-refractivity contribution in [1.29, 1.82) is 0 Å². The van der Waals surface area contributed by atoms with Crippen molar-refractivity contribution in [2.75, 3.05) is 41.4 Å². The Morgan fingerprint density at radius 2 is 1.87 bits per heavy atom. The van der Waals surface area contributed by atoms with E-state index in [4.69, 9.17) is 9.47 Å². The average molecular weight is 428 g/mol. The first-order chi connectivity index (χ1) is 14.8. The minimum atomic E-state index is -0.833. The van der Waals surface area contributed by atoms with Crippen LogP contribution in [0.1, 0.15) is 17.2 Å². The summed E-state index contributed by atoms with van der Waals surface area (Å²) in [6.07, 6.45) is 0. The summed E-state index contributed by atoms with van der Waals surface area (Å²) >= 11 is 0. The molecule has 1 saturated heterocycles. The molecule has 7 nitrogen and oxygen atoms in total. The van der Waals surface area contributed by atoms with Crippen LogP contribution in [-0.2, 0) is 9.59 Å². The lowest BCUT2D eigenvalue weighted by molar-refractivity contribution is -0.140. The van der Waals surface area contributed by atoms with Crippen molar-refractivity contribution in [3.05, 3.63) is 65.0 Å². The number of rotatable bonds is 7. The van der Waals surface area contributed by atoms with Crippen molar-refractivity contribution in [3.63, 3.8) is 0 Å². The lowest BCUT2D eigenvalue weighted by atomic mass is 9.95. The lowest BCUT2D eigenvalue weighted by Gasteiger charge is -2.26. The molecule has 1 amide bonds. The Labute approximate surface area is 180 Å². The maximum atomic E-state index is 14.2. The van der Waals surface area contributed by atoms with Crippen molar-refractivity contribution >= 4 is 17.4 Å². The van der Waals surface area contributed by atoms with E-state index in [0.717, 1.165) is 6.07 Å². The second-order valence-corrected chi connectivity index (χ2v) is 7.42. The standard InChI is InChI=1S/C23H25FN2O5/c1-25(2)10-11-26-20(14-6-5-7-16(12-14)30-3)19(22(28)23(26)29)21(27)15-8-9-18(31-4)17(24)13-15/h5-9,12-13,20,27H,10-11H2,1-4H3/b21-19+/t20-/m0/s1. The number of amides is 1. The number of likely N-dealkylation sites (tertiary alicyclic amines) is 1. The molecule has 2 aromatic carbocycles. The van der Waals surface area contributed by atoms with E-state index >= 15 is 0 Å². The fourth-order valence-electron chi connectivity index (χ4n) is 3.55. The van der Waals surface area contributed by atoms with Crippen LogP contribution < -0.4 is 9.47 Å². The maximum Gasteiger partial charge on any atom is 0.295 e. The molecule has 1 fully saturated rings. The highest BCUT2D eigenvalue weighted by Gasteiger charge is 2.46. The number of likely N-dealkylation sites (N-methyl/N-ethyl adjacent to an activating group) is 1. The number of benzene rings is 2. The van der Waals surface area contributed by atoms with Crippen molar-refractivity contribution in [2.24, 2.45) is 0 Å². The number of Topliss-reactive ketones (excluding diaryl/α,β-unsaturated/α-hetero) is 1. The van der Waals surface area contributed by atoms with Crippen LogP contribution in [0.4, 0.5) is 4.39 Å². The highest BCUT2D eigenvalue weighted by atomic mass is 19.1. The number of carbonyl (C=O) groups is 2. The van der Waals surface area contributed by atoms with Gasteiger partial charge in [-0.3, -0.25) is 9.59 Å². The van der Waals surface area contributed by atoms with Gasteiger partial charge in [0.2, 0.25) is 0 Å². The van der Waals surface area contributed by atoms with Crippen LogP contribution in [0.2, 0.25) is 0 Å². The van der Waals surface area contributed by atoms with E-state index in [1.54, 1.807) is 24.3 Å². The highest BCUT2D eigenvalue weighted by molar-refractivity contribution is 6.46. The number of halogens is 1. The average Bonchev–Trinajstić information content (AvgIpc) is 3.01. The third kappa shape index (κ3) is 4.39. The Balaban J connectivity index is 2.17. The Morgan fingerprint density at radius 1 is 1.13 bits per heavy atom. The molecule has 1 heterocycles. The van der Waals surface area contributed by atoms with E-state index in [1.165, 1.54) is 31.3 Å². The summed E-state index contributed by atoms with van der Waals surface area (Å²) in [7, 11) is 6.56. The van der Waals surface area contributed by atoms with Crippen LogP contribution in [0.3, 0.4) is 0 Å². The number of aliphatic hydroxyl groups excluding tert-OH is 1.